The van der Waals surface area contributed by atoms with Gasteiger partial charge in [-0.15, -0.1) is 0 Å². The van der Waals surface area contributed by atoms with E-state index < -0.39 is 0 Å². The summed E-state index contributed by atoms with van der Waals surface area (Å²) in [5.74, 6) is 1.00. The van der Waals surface area contributed by atoms with E-state index in [9.17, 15) is 0 Å². The average Bonchev–Trinajstić information content (AvgIpc) is 2.87. The summed E-state index contributed by atoms with van der Waals surface area (Å²) in [5.41, 5.74) is 4.92. The van der Waals surface area contributed by atoms with Crippen molar-refractivity contribution in [3.8, 4) is 0 Å². The van der Waals surface area contributed by atoms with E-state index in [1.807, 2.05) is 0 Å². The highest BCUT2D eigenvalue weighted by molar-refractivity contribution is 5.88. The molecule has 0 N–H and O–H groups in total. The second-order valence-corrected chi connectivity index (χ2v) is 6.37. The number of rotatable bonds is 2. The maximum atomic E-state index is 4.29. The van der Waals surface area contributed by atoms with Gasteiger partial charge in [0, 0.05) is 31.5 Å². The summed E-state index contributed by atoms with van der Waals surface area (Å²) in [6.07, 6.45) is 3.95. The molecule has 118 valence electrons. The Hall–Kier alpha value is -2.42. The Balaban J connectivity index is 1.72. The third-order valence-electron chi connectivity index (χ3n) is 4.94. The number of fused-ring (bicyclic) bond motifs is 1. The lowest BCUT2D eigenvalue weighted by atomic mass is 10.1. The van der Waals surface area contributed by atoms with Gasteiger partial charge in [-0.25, -0.2) is 0 Å². The van der Waals surface area contributed by atoms with Crippen molar-refractivity contribution in [3.63, 3.8) is 0 Å². The number of piperidine rings is 1. The number of hydrogen-bond acceptors (Lipinski definition) is 3. The number of nitrogens with zero attached hydrogens (tertiary/aromatic N) is 3. The summed E-state index contributed by atoms with van der Waals surface area (Å²) in [4.78, 5) is 6.91. The topological polar surface area (TPSA) is 9.72 Å². The Bertz CT molecular complexity index is 731. The third-order valence-corrected chi connectivity index (χ3v) is 4.94. The second kappa shape index (κ2) is 5.65. The van der Waals surface area contributed by atoms with Crippen molar-refractivity contribution in [1.29, 1.82) is 0 Å². The fourth-order valence-electron chi connectivity index (χ4n) is 3.63. The van der Waals surface area contributed by atoms with E-state index >= 15 is 0 Å². The summed E-state index contributed by atoms with van der Waals surface area (Å²) in [6.45, 7) is 6.62. The molecule has 2 aromatic carbocycles. The zero-order valence-corrected chi connectivity index (χ0v) is 13.7. The van der Waals surface area contributed by atoms with Crippen LogP contribution in [-0.2, 0) is 0 Å². The maximum Gasteiger partial charge on any atom is 0.110 e. The molecule has 0 radical (unpaired) electrons. The Kier molecular flexibility index (Phi) is 3.49. The minimum atomic E-state index is 1.00. The van der Waals surface area contributed by atoms with Crippen LogP contribution in [0.25, 0.3) is 0 Å². The fraction of sp³-hybridized carbons (Fsp3) is 0.300. The third kappa shape index (κ3) is 2.37. The van der Waals surface area contributed by atoms with Crippen molar-refractivity contribution in [3.05, 3.63) is 60.9 Å². The molecule has 3 heteroatoms. The van der Waals surface area contributed by atoms with Crippen molar-refractivity contribution >= 4 is 22.7 Å². The Morgan fingerprint density at radius 2 is 1.52 bits per heavy atom. The largest absolute Gasteiger partial charge is 0.371 e. The van der Waals surface area contributed by atoms with Gasteiger partial charge in [-0.3, -0.25) is 4.90 Å². The number of para-hydroxylation sites is 2. The van der Waals surface area contributed by atoms with Crippen LogP contribution in [0, 0.1) is 0 Å². The first-order valence-electron chi connectivity index (χ1n) is 8.42. The van der Waals surface area contributed by atoms with Gasteiger partial charge in [0.2, 0.25) is 0 Å². The monoisotopic (exact) mass is 305 g/mol. The molecule has 4 rings (SSSR count). The highest BCUT2D eigenvalue weighted by Crippen LogP contribution is 2.44. The number of hydrogen-bond donors (Lipinski definition) is 0. The van der Waals surface area contributed by atoms with Gasteiger partial charge < -0.3 is 9.80 Å². The van der Waals surface area contributed by atoms with E-state index in [0.29, 0.717) is 0 Å². The van der Waals surface area contributed by atoms with E-state index in [0.717, 1.165) is 5.82 Å². The zero-order chi connectivity index (χ0) is 15.8. The molecule has 0 saturated carbocycles. The lowest BCUT2D eigenvalue weighted by molar-refractivity contribution is 0.578. The van der Waals surface area contributed by atoms with Crippen LogP contribution in [0.4, 0.5) is 22.7 Å². The van der Waals surface area contributed by atoms with Crippen LogP contribution >= 0.6 is 0 Å². The first-order valence-corrected chi connectivity index (χ1v) is 8.42. The molecule has 0 unspecified atom stereocenters. The molecule has 23 heavy (non-hydrogen) atoms. The predicted octanol–water partition coefficient (Wildman–Crippen LogP) is 4.74. The zero-order valence-electron chi connectivity index (χ0n) is 13.7. The van der Waals surface area contributed by atoms with Crippen LogP contribution in [0.15, 0.2) is 60.9 Å². The minimum Gasteiger partial charge on any atom is -0.371 e. The lowest BCUT2D eigenvalue weighted by Gasteiger charge is -2.30. The van der Waals surface area contributed by atoms with Crippen LogP contribution in [0.2, 0.25) is 0 Å². The molecular weight excluding hydrogens is 282 g/mol. The van der Waals surface area contributed by atoms with E-state index in [4.69, 9.17) is 0 Å². The van der Waals surface area contributed by atoms with Gasteiger partial charge in [-0.2, -0.15) is 0 Å². The van der Waals surface area contributed by atoms with Crippen molar-refractivity contribution in [2.24, 2.45) is 0 Å². The molecule has 0 aromatic heterocycles. The first kappa shape index (κ1) is 14.2. The Morgan fingerprint density at radius 3 is 2.30 bits per heavy atom. The summed E-state index contributed by atoms with van der Waals surface area (Å²) in [6, 6.07) is 17.3. The van der Waals surface area contributed by atoms with Gasteiger partial charge in [-0.05, 0) is 49.6 Å². The standard InChI is InChI=1S/C20H23N3/c1-16-21(2)19-11-4-5-12-20(19)23(16)18-10-8-9-17(15-18)22-13-6-3-7-14-22/h4-5,8-12,15H,1,3,6-7,13-14H2,2H3. The number of anilines is 4. The molecule has 2 heterocycles. The molecule has 1 saturated heterocycles. The van der Waals surface area contributed by atoms with E-state index in [2.05, 4.69) is 76.9 Å². The van der Waals surface area contributed by atoms with E-state index in [1.54, 1.807) is 0 Å². The van der Waals surface area contributed by atoms with Crippen LogP contribution < -0.4 is 14.7 Å². The van der Waals surface area contributed by atoms with E-state index in [-0.39, 0.29) is 0 Å². The lowest BCUT2D eigenvalue weighted by Crippen LogP contribution is -2.29. The Morgan fingerprint density at radius 1 is 0.826 bits per heavy atom. The summed E-state index contributed by atoms with van der Waals surface area (Å²) >= 11 is 0. The Labute approximate surface area is 138 Å². The van der Waals surface area contributed by atoms with Crippen LogP contribution in [-0.4, -0.2) is 20.1 Å². The highest BCUT2D eigenvalue weighted by Gasteiger charge is 2.28. The molecule has 1 fully saturated rings. The van der Waals surface area contributed by atoms with Crippen molar-refractivity contribution in [1.82, 2.24) is 0 Å². The van der Waals surface area contributed by atoms with Gasteiger partial charge in [0.1, 0.15) is 5.82 Å². The predicted molar refractivity (Wildman–Crippen MR) is 98.6 cm³/mol. The molecule has 2 aliphatic heterocycles. The average molecular weight is 305 g/mol. The van der Waals surface area contributed by atoms with Gasteiger partial charge >= 0.3 is 0 Å². The first-order chi connectivity index (χ1) is 11.3. The highest BCUT2D eigenvalue weighted by atomic mass is 15.4. The molecule has 3 nitrogen and oxygen atoms in total. The molecule has 2 aliphatic rings. The summed E-state index contributed by atoms with van der Waals surface area (Å²) < 4.78 is 0. The van der Waals surface area contributed by atoms with Gasteiger partial charge in [0.15, 0.2) is 0 Å². The van der Waals surface area contributed by atoms with Crippen LogP contribution in [0.3, 0.4) is 0 Å². The van der Waals surface area contributed by atoms with E-state index in [1.165, 1.54) is 55.1 Å². The molecule has 0 atom stereocenters. The van der Waals surface area contributed by atoms with Crippen LogP contribution in [0.1, 0.15) is 19.3 Å². The van der Waals surface area contributed by atoms with Gasteiger partial charge in [0.05, 0.1) is 11.4 Å². The summed E-state index contributed by atoms with van der Waals surface area (Å²) in [5, 5.41) is 0. The normalized spacial score (nSPS) is 17.6. The quantitative estimate of drug-likeness (QED) is 0.793. The smallest absolute Gasteiger partial charge is 0.110 e. The van der Waals surface area contributed by atoms with Crippen LogP contribution in [0.5, 0.6) is 0 Å². The minimum absolute atomic E-state index is 1.00. The summed E-state index contributed by atoms with van der Waals surface area (Å²) in [7, 11) is 2.08. The molecule has 0 amide bonds. The van der Waals surface area contributed by atoms with Crippen molar-refractivity contribution in [2.75, 3.05) is 34.8 Å². The van der Waals surface area contributed by atoms with Gasteiger partial charge in [-0.1, -0.05) is 24.8 Å². The maximum absolute atomic E-state index is 4.29. The van der Waals surface area contributed by atoms with Gasteiger partial charge in [0.25, 0.3) is 0 Å². The number of benzene rings is 2. The molecular formula is C20H23N3. The fourth-order valence-corrected chi connectivity index (χ4v) is 3.63. The van der Waals surface area contributed by atoms with Crippen molar-refractivity contribution < 1.29 is 0 Å². The molecule has 0 spiro atoms. The molecule has 2 aromatic rings. The SMILES string of the molecule is C=C1N(C)c2ccccc2N1c1cccc(N2CCCCC2)c1. The van der Waals surface area contributed by atoms with Crippen molar-refractivity contribution in [2.45, 2.75) is 19.3 Å². The molecule has 0 aliphatic carbocycles. The molecule has 0 bridgehead atoms. The second-order valence-electron chi connectivity index (χ2n) is 6.37.